The molecule has 6 heteroatoms. The van der Waals surface area contributed by atoms with Gasteiger partial charge in [0.1, 0.15) is 10.8 Å². The molecule has 0 unspecified atom stereocenters. The standard InChI is InChI=1S/C23H29NO4S/c1-4-6-16-8-10-17(11-9-16)28-14-20(25)24-22-21(23(26)27-5-2)18-12-7-15(3)13-19(18)29-22/h8-11,15H,4-7,12-14H2,1-3H3,(H,24,25)/t15-/m0/s1. The Balaban J connectivity index is 1.68. The maximum Gasteiger partial charge on any atom is 0.341 e. The van der Waals surface area contributed by atoms with E-state index in [4.69, 9.17) is 9.47 Å². The van der Waals surface area contributed by atoms with E-state index in [-0.39, 0.29) is 18.5 Å². The van der Waals surface area contributed by atoms with E-state index in [1.807, 2.05) is 24.3 Å². The number of nitrogens with one attached hydrogen (secondary N) is 1. The van der Waals surface area contributed by atoms with Crippen LogP contribution in [0.4, 0.5) is 5.00 Å². The number of carbonyl (C=O) groups excluding carboxylic acids is 2. The minimum Gasteiger partial charge on any atom is -0.484 e. The van der Waals surface area contributed by atoms with E-state index in [0.717, 1.165) is 37.7 Å². The van der Waals surface area contributed by atoms with Crippen LogP contribution in [0.15, 0.2) is 24.3 Å². The van der Waals surface area contributed by atoms with E-state index in [9.17, 15) is 9.59 Å². The van der Waals surface area contributed by atoms with Crippen molar-refractivity contribution in [3.63, 3.8) is 0 Å². The number of carbonyl (C=O) groups is 2. The maximum absolute atomic E-state index is 12.5. The van der Waals surface area contributed by atoms with Gasteiger partial charge in [-0.1, -0.05) is 32.4 Å². The van der Waals surface area contributed by atoms with Gasteiger partial charge >= 0.3 is 5.97 Å². The minimum absolute atomic E-state index is 0.103. The Labute approximate surface area is 176 Å². The molecular weight excluding hydrogens is 386 g/mol. The number of rotatable bonds is 8. The number of anilines is 1. The highest BCUT2D eigenvalue weighted by atomic mass is 32.1. The van der Waals surface area contributed by atoms with Crippen molar-refractivity contribution in [1.82, 2.24) is 0 Å². The number of esters is 1. The lowest BCUT2D eigenvalue weighted by Gasteiger charge is -2.18. The molecule has 0 fully saturated rings. The average molecular weight is 416 g/mol. The van der Waals surface area contributed by atoms with Gasteiger partial charge in [-0.25, -0.2) is 4.79 Å². The van der Waals surface area contributed by atoms with E-state index < -0.39 is 0 Å². The number of amides is 1. The molecule has 156 valence electrons. The fourth-order valence-corrected chi connectivity index (χ4v) is 5.03. The van der Waals surface area contributed by atoms with Crippen LogP contribution in [0.1, 0.15) is 60.0 Å². The summed E-state index contributed by atoms with van der Waals surface area (Å²) in [5.74, 6) is 0.603. The molecule has 3 rings (SSSR count). The second-order valence-electron chi connectivity index (χ2n) is 7.51. The summed E-state index contributed by atoms with van der Waals surface area (Å²) in [6, 6.07) is 7.80. The summed E-state index contributed by atoms with van der Waals surface area (Å²) in [6.07, 6.45) is 4.94. The van der Waals surface area contributed by atoms with E-state index in [2.05, 4.69) is 19.2 Å². The molecule has 1 amide bonds. The van der Waals surface area contributed by atoms with Crippen LogP contribution in [-0.4, -0.2) is 25.1 Å². The van der Waals surface area contributed by atoms with Crippen LogP contribution in [0.2, 0.25) is 0 Å². The van der Waals surface area contributed by atoms with E-state index in [1.54, 1.807) is 6.92 Å². The smallest absolute Gasteiger partial charge is 0.341 e. The predicted octanol–water partition coefficient (Wildman–Crippen LogP) is 5.02. The molecule has 0 aliphatic heterocycles. The monoisotopic (exact) mass is 415 g/mol. The zero-order valence-electron chi connectivity index (χ0n) is 17.4. The van der Waals surface area contributed by atoms with Crippen molar-refractivity contribution in [3.05, 3.63) is 45.8 Å². The van der Waals surface area contributed by atoms with Gasteiger partial charge in [-0.15, -0.1) is 11.3 Å². The lowest BCUT2D eigenvalue weighted by atomic mass is 9.88. The second-order valence-corrected chi connectivity index (χ2v) is 8.61. The van der Waals surface area contributed by atoms with Crippen LogP contribution < -0.4 is 10.1 Å². The molecule has 1 aliphatic rings. The van der Waals surface area contributed by atoms with E-state index in [1.165, 1.54) is 21.8 Å². The number of ether oxygens (including phenoxy) is 2. The van der Waals surface area contributed by atoms with Crippen LogP contribution in [0, 0.1) is 5.92 Å². The lowest BCUT2D eigenvalue weighted by Crippen LogP contribution is -2.21. The molecule has 0 radical (unpaired) electrons. The zero-order chi connectivity index (χ0) is 20.8. The summed E-state index contributed by atoms with van der Waals surface area (Å²) >= 11 is 1.49. The van der Waals surface area contributed by atoms with Gasteiger partial charge in [0.25, 0.3) is 5.91 Å². The minimum atomic E-state index is -0.359. The van der Waals surface area contributed by atoms with Gasteiger partial charge in [0.15, 0.2) is 6.61 Å². The molecule has 0 saturated carbocycles. The molecule has 1 atom stereocenters. The van der Waals surface area contributed by atoms with Crippen molar-refractivity contribution in [2.45, 2.75) is 52.9 Å². The summed E-state index contributed by atoms with van der Waals surface area (Å²) < 4.78 is 10.9. The fraction of sp³-hybridized carbons (Fsp3) is 0.478. The molecule has 1 N–H and O–H groups in total. The van der Waals surface area contributed by atoms with Crippen molar-refractivity contribution >= 4 is 28.2 Å². The van der Waals surface area contributed by atoms with Crippen molar-refractivity contribution < 1.29 is 19.1 Å². The van der Waals surface area contributed by atoms with Gasteiger partial charge in [-0.05, 0) is 61.8 Å². The summed E-state index contributed by atoms with van der Waals surface area (Å²) in [7, 11) is 0. The van der Waals surface area contributed by atoms with Gasteiger partial charge in [-0.2, -0.15) is 0 Å². The summed E-state index contributed by atoms with van der Waals surface area (Å²) in [4.78, 5) is 26.2. The van der Waals surface area contributed by atoms with Crippen LogP contribution in [0.5, 0.6) is 5.75 Å². The molecule has 0 spiro atoms. The number of aryl methyl sites for hydroxylation is 1. The Morgan fingerprint density at radius 2 is 1.97 bits per heavy atom. The first kappa shape index (κ1) is 21.4. The molecule has 5 nitrogen and oxygen atoms in total. The topological polar surface area (TPSA) is 64.6 Å². The number of hydrogen-bond donors (Lipinski definition) is 1. The molecule has 1 aromatic heterocycles. The quantitative estimate of drug-likeness (QED) is 0.615. The van der Waals surface area contributed by atoms with Crippen molar-refractivity contribution in [1.29, 1.82) is 0 Å². The van der Waals surface area contributed by atoms with Crippen molar-refractivity contribution in [2.24, 2.45) is 5.92 Å². The Bertz CT molecular complexity index is 857. The van der Waals surface area contributed by atoms with E-state index >= 15 is 0 Å². The first-order valence-corrected chi connectivity index (χ1v) is 11.2. The average Bonchev–Trinajstić information content (AvgIpc) is 3.04. The third kappa shape index (κ3) is 5.38. The van der Waals surface area contributed by atoms with Crippen LogP contribution in [0.3, 0.4) is 0 Å². The highest BCUT2D eigenvalue weighted by molar-refractivity contribution is 7.17. The predicted molar refractivity (Wildman–Crippen MR) is 116 cm³/mol. The Morgan fingerprint density at radius 1 is 1.21 bits per heavy atom. The van der Waals surface area contributed by atoms with Crippen molar-refractivity contribution in [3.8, 4) is 5.75 Å². The van der Waals surface area contributed by atoms with Crippen LogP contribution in [0.25, 0.3) is 0 Å². The van der Waals surface area contributed by atoms with Gasteiger partial charge in [0.05, 0.1) is 12.2 Å². The normalized spacial score (nSPS) is 15.5. The van der Waals surface area contributed by atoms with Gasteiger partial charge < -0.3 is 14.8 Å². The molecule has 1 aromatic carbocycles. The molecule has 2 aromatic rings. The van der Waals surface area contributed by atoms with Gasteiger partial charge in [0.2, 0.25) is 0 Å². The van der Waals surface area contributed by atoms with Gasteiger partial charge in [-0.3, -0.25) is 4.79 Å². The summed E-state index contributed by atoms with van der Waals surface area (Å²) in [5, 5.41) is 3.46. The van der Waals surface area contributed by atoms with Crippen LogP contribution in [-0.2, 0) is 28.8 Å². The SMILES string of the molecule is CCCc1ccc(OCC(=O)Nc2sc3c(c2C(=O)OCC)CC[C@H](C)C3)cc1. The largest absolute Gasteiger partial charge is 0.484 e. The fourth-order valence-electron chi connectivity index (χ4n) is 3.61. The lowest BCUT2D eigenvalue weighted by molar-refractivity contribution is -0.118. The molecule has 29 heavy (non-hydrogen) atoms. The second kappa shape index (κ2) is 9.92. The number of hydrogen-bond acceptors (Lipinski definition) is 5. The molecular formula is C23H29NO4S. The Hall–Kier alpha value is -2.34. The first-order valence-electron chi connectivity index (χ1n) is 10.3. The number of benzene rings is 1. The Kier molecular flexibility index (Phi) is 7.31. The first-order chi connectivity index (χ1) is 14.0. The maximum atomic E-state index is 12.5. The third-order valence-corrected chi connectivity index (χ3v) is 6.25. The number of fused-ring (bicyclic) bond motifs is 1. The highest BCUT2D eigenvalue weighted by Gasteiger charge is 2.29. The molecule has 0 saturated heterocycles. The summed E-state index contributed by atoms with van der Waals surface area (Å²) in [5.41, 5.74) is 2.81. The van der Waals surface area contributed by atoms with Crippen molar-refractivity contribution in [2.75, 3.05) is 18.5 Å². The third-order valence-electron chi connectivity index (χ3n) is 5.08. The highest BCUT2D eigenvalue weighted by Crippen LogP contribution is 2.40. The van der Waals surface area contributed by atoms with Crippen LogP contribution >= 0.6 is 11.3 Å². The molecule has 1 heterocycles. The molecule has 1 aliphatic carbocycles. The zero-order valence-corrected chi connectivity index (χ0v) is 18.2. The Morgan fingerprint density at radius 3 is 2.66 bits per heavy atom. The van der Waals surface area contributed by atoms with Gasteiger partial charge in [0, 0.05) is 4.88 Å². The number of thiophene rings is 1. The molecule has 0 bridgehead atoms. The summed E-state index contributed by atoms with van der Waals surface area (Å²) in [6.45, 7) is 6.35. The van der Waals surface area contributed by atoms with E-state index in [0.29, 0.717) is 28.8 Å².